The minimum atomic E-state index is 0.187. The van der Waals surface area contributed by atoms with E-state index in [0.29, 0.717) is 5.92 Å². The summed E-state index contributed by atoms with van der Waals surface area (Å²) in [5, 5.41) is 0.374. The van der Waals surface area contributed by atoms with Gasteiger partial charge in [0.15, 0.2) is 0 Å². The molecule has 1 aliphatic rings. The first kappa shape index (κ1) is 8.40. The highest BCUT2D eigenvalue weighted by Crippen LogP contribution is 2.43. The van der Waals surface area contributed by atoms with Crippen LogP contribution in [0.2, 0.25) is 0 Å². The first-order valence-electron chi connectivity index (χ1n) is 4.11. The molecular formula is C10H10Cl2. The second kappa shape index (κ2) is 3.27. The van der Waals surface area contributed by atoms with E-state index in [0.717, 1.165) is 6.42 Å². The molecule has 1 aliphatic carbocycles. The van der Waals surface area contributed by atoms with Crippen LogP contribution in [-0.2, 0) is 6.42 Å². The number of benzene rings is 1. The average Bonchev–Trinajstić information content (AvgIpc) is 2.65. The van der Waals surface area contributed by atoms with Crippen molar-refractivity contribution in [2.24, 2.45) is 5.92 Å². The Morgan fingerprint density at radius 3 is 2.08 bits per heavy atom. The first-order chi connectivity index (χ1) is 5.79. The lowest BCUT2D eigenvalue weighted by molar-refractivity contribution is 0.836. The SMILES string of the molecule is ClC1C(Cl)C1Cc1ccccc1. The van der Waals surface area contributed by atoms with Crippen molar-refractivity contribution in [2.75, 3.05) is 0 Å². The summed E-state index contributed by atoms with van der Waals surface area (Å²) in [6, 6.07) is 10.3. The Morgan fingerprint density at radius 2 is 1.58 bits per heavy atom. The van der Waals surface area contributed by atoms with Gasteiger partial charge in [-0.2, -0.15) is 0 Å². The van der Waals surface area contributed by atoms with Gasteiger partial charge in [-0.1, -0.05) is 30.3 Å². The molecule has 0 amide bonds. The van der Waals surface area contributed by atoms with Gasteiger partial charge < -0.3 is 0 Å². The maximum Gasteiger partial charge on any atom is 0.0549 e. The highest BCUT2D eigenvalue weighted by atomic mass is 35.5. The molecule has 0 aromatic heterocycles. The largest absolute Gasteiger partial charge is 0.121 e. The standard InChI is InChI=1S/C10H10Cl2/c11-9-8(10(9)12)6-7-4-2-1-3-5-7/h1-5,8-10H,6H2. The smallest absolute Gasteiger partial charge is 0.0549 e. The second-order valence-electron chi connectivity index (χ2n) is 3.24. The maximum absolute atomic E-state index is 5.92. The number of rotatable bonds is 2. The highest BCUT2D eigenvalue weighted by Gasteiger charge is 2.47. The van der Waals surface area contributed by atoms with Gasteiger partial charge in [0.05, 0.1) is 10.8 Å². The highest BCUT2D eigenvalue weighted by molar-refractivity contribution is 6.34. The molecule has 1 saturated carbocycles. The first-order valence-corrected chi connectivity index (χ1v) is 4.98. The lowest BCUT2D eigenvalue weighted by Crippen LogP contribution is -1.89. The summed E-state index contributed by atoms with van der Waals surface area (Å²) in [5.74, 6) is 0.482. The minimum absolute atomic E-state index is 0.187. The summed E-state index contributed by atoms with van der Waals surface area (Å²) < 4.78 is 0. The van der Waals surface area contributed by atoms with Crippen LogP contribution in [0.3, 0.4) is 0 Å². The Balaban J connectivity index is 1.97. The van der Waals surface area contributed by atoms with E-state index in [1.165, 1.54) is 5.56 Å². The van der Waals surface area contributed by atoms with Crippen molar-refractivity contribution in [1.82, 2.24) is 0 Å². The van der Waals surface area contributed by atoms with Crippen LogP contribution >= 0.6 is 23.2 Å². The van der Waals surface area contributed by atoms with Gasteiger partial charge in [0, 0.05) is 0 Å². The van der Waals surface area contributed by atoms with Gasteiger partial charge in [-0.3, -0.25) is 0 Å². The number of hydrogen-bond acceptors (Lipinski definition) is 0. The van der Waals surface area contributed by atoms with Crippen molar-refractivity contribution < 1.29 is 0 Å². The normalized spacial score (nSPS) is 33.3. The predicted octanol–water partition coefficient (Wildman–Crippen LogP) is 3.07. The Morgan fingerprint density at radius 1 is 1.00 bits per heavy atom. The average molecular weight is 201 g/mol. The Kier molecular flexibility index (Phi) is 2.29. The van der Waals surface area contributed by atoms with Crippen LogP contribution in [0.5, 0.6) is 0 Å². The minimum Gasteiger partial charge on any atom is -0.121 e. The molecule has 0 aliphatic heterocycles. The summed E-state index contributed by atoms with van der Waals surface area (Å²) in [4.78, 5) is 0. The van der Waals surface area contributed by atoms with Crippen LogP contribution in [0.25, 0.3) is 0 Å². The molecule has 2 atom stereocenters. The monoisotopic (exact) mass is 200 g/mol. The third-order valence-electron chi connectivity index (χ3n) is 2.30. The van der Waals surface area contributed by atoms with E-state index in [9.17, 15) is 0 Å². The van der Waals surface area contributed by atoms with Crippen molar-refractivity contribution >= 4 is 23.2 Å². The molecule has 2 heteroatoms. The number of hydrogen-bond donors (Lipinski definition) is 0. The van der Waals surface area contributed by atoms with Gasteiger partial charge in [-0.25, -0.2) is 0 Å². The molecule has 1 fully saturated rings. The lowest BCUT2D eigenvalue weighted by Gasteiger charge is -1.96. The molecule has 64 valence electrons. The summed E-state index contributed by atoms with van der Waals surface area (Å²) in [5.41, 5.74) is 1.33. The molecular weight excluding hydrogens is 191 g/mol. The van der Waals surface area contributed by atoms with E-state index in [1.54, 1.807) is 0 Å². The van der Waals surface area contributed by atoms with Gasteiger partial charge in [0.1, 0.15) is 0 Å². The van der Waals surface area contributed by atoms with Crippen LogP contribution in [0.15, 0.2) is 30.3 Å². The molecule has 0 bridgehead atoms. The van der Waals surface area contributed by atoms with Crippen LogP contribution < -0.4 is 0 Å². The maximum atomic E-state index is 5.92. The van der Waals surface area contributed by atoms with E-state index in [-0.39, 0.29) is 10.8 Å². The van der Waals surface area contributed by atoms with E-state index in [4.69, 9.17) is 23.2 Å². The topological polar surface area (TPSA) is 0 Å². The Hall–Kier alpha value is -0.200. The Labute approximate surface area is 82.5 Å². The van der Waals surface area contributed by atoms with E-state index >= 15 is 0 Å². The molecule has 12 heavy (non-hydrogen) atoms. The van der Waals surface area contributed by atoms with E-state index < -0.39 is 0 Å². The molecule has 2 rings (SSSR count). The lowest BCUT2D eigenvalue weighted by atomic mass is 10.1. The van der Waals surface area contributed by atoms with Crippen LogP contribution in [0.4, 0.5) is 0 Å². The van der Waals surface area contributed by atoms with Crippen molar-refractivity contribution in [3.63, 3.8) is 0 Å². The zero-order chi connectivity index (χ0) is 8.55. The molecule has 0 nitrogen and oxygen atoms in total. The number of halogens is 2. The van der Waals surface area contributed by atoms with E-state index in [2.05, 4.69) is 12.1 Å². The molecule has 0 N–H and O–H groups in total. The molecule has 1 aromatic carbocycles. The summed E-state index contributed by atoms with van der Waals surface area (Å²) >= 11 is 11.8. The fraction of sp³-hybridized carbons (Fsp3) is 0.400. The molecule has 1 aromatic rings. The van der Waals surface area contributed by atoms with Crippen LogP contribution in [0.1, 0.15) is 5.56 Å². The molecule has 0 radical (unpaired) electrons. The summed E-state index contributed by atoms with van der Waals surface area (Å²) in [7, 11) is 0. The molecule has 0 saturated heterocycles. The summed E-state index contributed by atoms with van der Waals surface area (Å²) in [6.45, 7) is 0. The van der Waals surface area contributed by atoms with E-state index in [1.807, 2.05) is 18.2 Å². The van der Waals surface area contributed by atoms with Crippen LogP contribution in [-0.4, -0.2) is 10.8 Å². The van der Waals surface area contributed by atoms with Gasteiger partial charge in [-0.05, 0) is 17.9 Å². The second-order valence-corrected chi connectivity index (χ2v) is 4.25. The van der Waals surface area contributed by atoms with Crippen molar-refractivity contribution in [3.05, 3.63) is 35.9 Å². The van der Waals surface area contributed by atoms with Gasteiger partial charge in [0.2, 0.25) is 0 Å². The molecule has 0 heterocycles. The third kappa shape index (κ3) is 1.60. The Bertz CT molecular complexity index is 250. The summed E-state index contributed by atoms with van der Waals surface area (Å²) in [6.07, 6.45) is 1.02. The van der Waals surface area contributed by atoms with Crippen molar-refractivity contribution in [2.45, 2.75) is 17.2 Å². The van der Waals surface area contributed by atoms with Crippen molar-refractivity contribution in [3.8, 4) is 0 Å². The molecule has 2 unspecified atom stereocenters. The van der Waals surface area contributed by atoms with Gasteiger partial charge in [-0.15, -0.1) is 23.2 Å². The quantitative estimate of drug-likeness (QED) is 0.645. The fourth-order valence-corrected chi connectivity index (χ4v) is 2.18. The zero-order valence-electron chi connectivity index (χ0n) is 6.58. The zero-order valence-corrected chi connectivity index (χ0v) is 8.09. The van der Waals surface area contributed by atoms with Gasteiger partial charge in [0.25, 0.3) is 0 Å². The van der Waals surface area contributed by atoms with Gasteiger partial charge >= 0.3 is 0 Å². The van der Waals surface area contributed by atoms with Crippen LogP contribution in [0, 0.1) is 5.92 Å². The predicted molar refractivity (Wildman–Crippen MR) is 52.9 cm³/mol. The number of alkyl halides is 2. The molecule has 0 spiro atoms. The third-order valence-corrected chi connectivity index (χ3v) is 3.61. The fourth-order valence-electron chi connectivity index (χ4n) is 1.40. The van der Waals surface area contributed by atoms with Crippen molar-refractivity contribution in [1.29, 1.82) is 0 Å².